The van der Waals surface area contributed by atoms with Crippen LogP contribution < -0.4 is 0 Å². The summed E-state index contributed by atoms with van der Waals surface area (Å²) in [7, 11) is 4.01. The van der Waals surface area contributed by atoms with Gasteiger partial charge in [-0.25, -0.2) is 0 Å². The number of carbonyl (C=O) groups excluding carboxylic acids is 1. The van der Waals surface area contributed by atoms with E-state index in [1.54, 1.807) is 12.1 Å². The fourth-order valence-corrected chi connectivity index (χ4v) is 4.03. The molecular weight excluding hydrogens is 360 g/mol. The van der Waals surface area contributed by atoms with Gasteiger partial charge >= 0.3 is 0 Å². The molecule has 4 rings (SSSR count). The van der Waals surface area contributed by atoms with Gasteiger partial charge in [0.15, 0.2) is 0 Å². The lowest BCUT2D eigenvalue weighted by molar-refractivity contribution is 0.0733. The van der Waals surface area contributed by atoms with Gasteiger partial charge in [-0.3, -0.25) is 9.69 Å². The molecule has 0 radical (unpaired) electrons. The van der Waals surface area contributed by atoms with Crippen molar-refractivity contribution in [1.29, 1.82) is 0 Å². The molecule has 1 aliphatic rings. The summed E-state index contributed by atoms with van der Waals surface area (Å²) in [5.74, 6) is 0.261. The van der Waals surface area contributed by atoms with E-state index in [-0.39, 0.29) is 11.7 Å². The van der Waals surface area contributed by atoms with Crippen LogP contribution in [0.1, 0.15) is 21.5 Å². The first-order chi connectivity index (χ1) is 14.0. The summed E-state index contributed by atoms with van der Waals surface area (Å²) in [4.78, 5) is 17.2. The molecule has 0 spiro atoms. The van der Waals surface area contributed by atoms with Crippen molar-refractivity contribution >= 4 is 5.91 Å². The van der Waals surface area contributed by atoms with Crippen molar-refractivity contribution in [2.75, 3.05) is 20.6 Å². The van der Waals surface area contributed by atoms with Crippen molar-refractivity contribution in [3.63, 3.8) is 0 Å². The third kappa shape index (κ3) is 4.17. The number of hydrogen-bond donors (Lipinski definition) is 1. The lowest BCUT2D eigenvalue weighted by Crippen LogP contribution is -2.46. The van der Waals surface area contributed by atoms with Crippen LogP contribution in [0.5, 0.6) is 5.75 Å². The number of phenols is 1. The van der Waals surface area contributed by atoms with Crippen molar-refractivity contribution in [3.05, 3.63) is 89.5 Å². The number of rotatable bonds is 4. The van der Waals surface area contributed by atoms with Crippen LogP contribution in [-0.2, 0) is 13.0 Å². The van der Waals surface area contributed by atoms with Crippen LogP contribution in [0.4, 0.5) is 0 Å². The Kier molecular flexibility index (Phi) is 5.36. The Bertz CT molecular complexity index is 1010. The second kappa shape index (κ2) is 8.10. The number of fused-ring (bicyclic) bond motifs is 1. The van der Waals surface area contributed by atoms with Crippen molar-refractivity contribution in [3.8, 4) is 16.9 Å². The Labute approximate surface area is 172 Å². The van der Waals surface area contributed by atoms with Crippen LogP contribution in [0.2, 0.25) is 0 Å². The van der Waals surface area contributed by atoms with Gasteiger partial charge < -0.3 is 10.0 Å². The van der Waals surface area contributed by atoms with Gasteiger partial charge in [0.25, 0.3) is 5.91 Å². The van der Waals surface area contributed by atoms with Gasteiger partial charge in [-0.1, -0.05) is 48.5 Å². The third-order valence-electron chi connectivity index (χ3n) is 5.76. The molecule has 0 aliphatic carbocycles. The third-order valence-corrected chi connectivity index (χ3v) is 5.76. The zero-order chi connectivity index (χ0) is 20.4. The minimum Gasteiger partial charge on any atom is -0.508 e. The van der Waals surface area contributed by atoms with E-state index in [0.29, 0.717) is 18.2 Å². The SMILES string of the molecule is CN(CC1Cc2ccccc2CN1C)C(=O)c1cccc(-c2ccc(O)cc2)c1. The van der Waals surface area contributed by atoms with E-state index in [4.69, 9.17) is 0 Å². The molecule has 1 amide bonds. The molecule has 0 bridgehead atoms. The maximum Gasteiger partial charge on any atom is 0.253 e. The molecule has 3 aromatic rings. The second-order valence-electron chi connectivity index (χ2n) is 7.86. The minimum absolute atomic E-state index is 0.0258. The van der Waals surface area contributed by atoms with E-state index >= 15 is 0 Å². The lowest BCUT2D eigenvalue weighted by atomic mass is 9.94. The molecule has 1 heterocycles. The monoisotopic (exact) mass is 386 g/mol. The normalized spacial score (nSPS) is 16.3. The number of nitrogens with zero attached hydrogens (tertiary/aromatic N) is 2. The molecule has 0 saturated carbocycles. The Morgan fingerprint density at radius 1 is 1.00 bits per heavy atom. The predicted molar refractivity (Wildman–Crippen MR) is 116 cm³/mol. The summed E-state index contributed by atoms with van der Waals surface area (Å²) in [5, 5.41) is 9.49. The summed E-state index contributed by atoms with van der Waals surface area (Å²) in [6.07, 6.45) is 0.956. The molecule has 4 heteroatoms. The molecule has 3 aromatic carbocycles. The van der Waals surface area contributed by atoms with Gasteiger partial charge in [-0.2, -0.15) is 0 Å². The fourth-order valence-electron chi connectivity index (χ4n) is 4.03. The van der Waals surface area contributed by atoms with Crippen molar-refractivity contribution in [2.45, 2.75) is 19.0 Å². The number of aromatic hydroxyl groups is 1. The van der Waals surface area contributed by atoms with Crippen LogP contribution in [0.25, 0.3) is 11.1 Å². The number of amides is 1. The quantitative estimate of drug-likeness (QED) is 0.731. The van der Waals surface area contributed by atoms with E-state index in [1.807, 2.05) is 48.3 Å². The number of carbonyl (C=O) groups is 1. The van der Waals surface area contributed by atoms with Crippen LogP contribution in [0.3, 0.4) is 0 Å². The molecule has 1 aliphatic heterocycles. The predicted octanol–water partition coefficient (Wildman–Crippen LogP) is 4.19. The van der Waals surface area contributed by atoms with Crippen molar-refractivity contribution in [1.82, 2.24) is 9.80 Å². The highest BCUT2D eigenvalue weighted by Gasteiger charge is 2.25. The summed E-state index contributed by atoms with van der Waals surface area (Å²) in [6, 6.07) is 23.6. The summed E-state index contributed by atoms with van der Waals surface area (Å²) in [5.41, 5.74) is 5.38. The average Bonchev–Trinajstić information content (AvgIpc) is 2.74. The van der Waals surface area contributed by atoms with E-state index in [2.05, 4.69) is 36.2 Å². The van der Waals surface area contributed by atoms with E-state index in [0.717, 1.165) is 24.1 Å². The maximum atomic E-state index is 13.1. The molecule has 1 atom stereocenters. The molecule has 148 valence electrons. The highest BCUT2D eigenvalue weighted by atomic mass is 16.3. The zero-order valence-electron chi connectivity index (χ0n) is 16.9. The highest BCUT2D eigenvalue weighted by molar-refractivity contribution is 5.95. The standard InChI is InChI=1S/C25H26N2O2/c1-26-16-22-7-4-3-6-20(22)15-23(26)17-27(2)25(29)21-9-5-8-19(14-21)18-10-12-24(28)13-11-18/h3-14,23,28H,15-17H2,1-2H3. The number of phenolic OH excluding ortho intramolecular Hbond substituents is 1. The molecule has 0 aromatic heterocycles. The lowest BCUT2D eigenvalue weighted by Gasteiger charge is -2.36. The average molecular weight is 386 g/mol. The van der Waals surface area contributed by atoms with E-state index < -0.39 is 0 Å². The largest absolute Gasteiger partial charge is 0.508 e. The van der Waals surface area contributed by atoms with Gasteiger partial charge in [0.1, 0.15) is 5.75 Å². The van der Waals surface area contributed by atoms with Crippen LogP contribution >= 0.6 is 0 Å². The topological polar surface area (TPSA) is 43.8 Å². The molecule has 29 heavy (non-hydrogen) atoms. The zero-order valence-corrected chi connectivity index (χ0v) is 16.9. The van der Waals surface area contributed by atoms with Gasteiger partial charge in [-0.05, 0) is 60.0 Å². The second-order valence-corrected chi connectivity index (χ2v) is 7.86. The smallest absolute Gasteiger partial charge is 0.253 e. The van der Waals surface area contributed by atoms with Gasteiger partial charge in [0, 0.05) is 31.7 Å². The first-order valence-electron chi connectivity index (χ1n) is 9.93. The first-order valence-corrected chi connectivity index (χ1v) is 9.93. The van der Waals surface area contributed by atoms with Crippen molar-refractivity contribution < 1.29 is 9.90 Å². The Hall–Kier alpha value is -3.11. The number of benzene rings is 3. The van der Waals surface area contributed by atoms with Crippen LogP contribution in [0.15, 0.2) is 72.8 Å². The molecule has 4 nitrogen and oxygen atoms in total. The molecule has 1 unspecified atom stereocenters. The van der Waals surface area contributed by atoms with Crippen molar-refractivity contribution in [2.24, 2.45) is 0 Å². The Morgan fingerprint density at radius 2 is 1.72 bits per heavy atom. The Balaban J connectivity index is 1.48. The number of likely N-dealkylation sites (N-methyl/N-ethyl adjacent to an activating group) is 2. The van der Waals surface area contributed by atoms with Crippen LogP contribution in [-0.4, -0.2) is 47.5 Å². The van der Waals surface area contributed by atoms with Gasteiger partial charge in [0.05, 0.1) is 0 Å². The summed E-state index contributed by atoms with van der Waals surface area (Å²) >= 11 is 0. The summed E-state index contributed by atoms with van der Waals surface area (Å²) < 4.78 is 0. The van der Waals surface area contributed by atoms with Crippen LogP contribution in [0, 0.1) is 0 Å². The van der Waals surface area contributed by atoms with Gasteiger partial charge in [-0.15, -0.1) is 0 Å². The fraction of sp³-hybridized carbons (Fsp3) is 0.240. The number of hydrogen-bond acceptors (Lipinski definition) is 3. The molecule has 0 saturated heterocycles. The molecular formula is C25H26N2O2. The Morgan fingerprint density at radius 3 is 2.48 bits per heavy atom. The summed E-state index contributed by atoms with van der Waals surface area (Å²) in [6.45, 7) is 1.60. The van der Waals surface area contributed by atoms with E-state index in [9.17, 15) is 9.90 Å². The first kappa shape index (κ1) is 19.2. The molecule has 0 fully saturated rings. The van der Waals surface area contributed by atoms with Gasteiger partial charge in [0.2, 0.25) is 0 Å². The minimum atomic E-state index is 0.0258. The van der Waals surface area contributed by atoms with E-state index in [1.165, 1.54) is 11.1 Å². The highest BCUT2D eigenvalue weighted by Crippen LogP contribution is 2.25. The molecule has 1 N–H and O–H groups in total. The maximum absolute atomic E-state index is 13.1.